The molecule has 4 heteroatoms. The van der Waals surface area contributed by atoms with Gasteiger partial charge in [0, 0.05) is 26.2 Å². The molecule has 0 saturated carbocycles. The highest BCUT2D eigenvalue weighted by atomic mass is 16.1. The van der Waals surface area contributed by atoms with Crippen LogP contribution in [0.1, 0.15) is 6.42 Å². The Labute approximate surface area is 73.2 Å². The molecule has 1 fully saturated rings. The van der Waals surface area contributed by atoms with Gasteiger partial charge < -0.3 is 15.0 Å². The van der Waals surface area contributed by atoms with Gasteiger partial charge in [0.05, 0.1) is 12.5 Å². The number of nitriles is 1. The lowest BCUT2D eigenvalue weighted by Crippen LogP contribution is -2.40. The maximum Gasteiger partial charge on any atom is 0.134 e. The number of nitrogens with one attached hydrogen (secondary N) is 1. The smallest absolute Gasteiger partial charge is 0.134 e. The summed E-state index contributed by atoms with van der Waals surface area (Å²) in [5.74, 6) is 0. The zero-order valence-corrected chi connectivity index (χ0v) is 7.42. The molecule has 0 radical (unpaired) electrons. The van der Waals surface area contributed by atoms with Gasteiger partial charge in [0.2, 0.25) is 0 Å². The average Bonchev–Trinajstić information content (AvgIpc) is 2.08. The van der Waals surface area contributed by atoms with Gasteiger partial charge in [-0.15, -0.1) is 0 Å². The van der Waals surface area contributed by atoms with E-state index in [0.29, 0.717) is 6.29 Å². The summed E-state index contributed by atoms with van der Waals surface area (Å²) in [6.07, 6.45) is 0.583. The van der Waals surface area contributed by atoms with Crippen LogP contribution >= 0.6 is 0 Å². The second-order valence-corrected chi connectivity index (χ2v) is 2.58. The van der Waals surface area contributed by atoms with Gasteiger partial charge in [-0.25, -0.2) is 0 Å². The van der Waals surface area contributed by atoms with Gasteiger partial charge >= 0.3 is 0 Å². The van der Waals surface area contributed by atoms with Crippen molar-refractivity contribution in [2.45, 2.75) is 6.42 Å². The number of nitrogens with zero attached hydrogens (tertiary/aromatic N) is 2. The number of likely N-dealkylation sites (N-methyl/N-ethyl adjacent to an activating group) is 1. The van der Waals surface area contributed by atoms with E-state index in [9.17, 15) is 4.79 Å². The van der Waals surface area contributed by atoms with Crippen LogP contribution in [0, 0.1) is 11.3 Å². The standard InChI is InChI=1S/C5H12N2.C3H3NO/c1-7-4-2-6-3-5-7;4-2-1-3-5/h6H,2-5H2,1H3;3H,1H2. The number of hydrogen-bond donors (Lipinski definition) is 1. The van der Waals surface area contributed by atoms with E-state index in [2.05, 4.69) is 17.3 Å². The van der Waals surface area contributed by atoms with Crippen LogP contribution in [0.25, 0.3) is 0 Å². The topological polar surface area (TPSA) is 56.1 Å². The fourth-order valence-corrected chi connectivity index (χ4v) is 0.814. The highest BCUT2D eigenvalue weighted by molar-refractivity contribution is 5.52. The van der Waals surface area contributed by atoms with Crippen molar-refractivity contribution < 1.29 is 4.79 Å². The molecule has 1 aliphatic heterocycles. The van der Waals surface area contributed by atoms with Crippen LogP contribution in [0.3, 0.4) is 0 Å². The quantitative estimate of drug-likeness (QED) is 0.544. The van der Waals surface area contributed by atoms with Crippen molar-refractivity contribution in [3.05, 3.63) is 0 Å². The van der Waals surface area contributed by atoms with Gasteiger partial charge in [-0.3, -0.25) is 0 Å². The number of carbonyl (C=O) groups excluding carboxylic acids is 1. The van der Waals surface area contributed by atoms with Gasteiger partial charge in [-0.05, 0) is 7.05 Å². The van der Waals surface area contributed by atoms with Crippen LogP contribution < -0.4 is 5.32 Å². The number of aldehydes is 1. The summed E-state index contributed by atoms with van der Waals surface area (Å²) < 4.78 is 0. The molecule has 1 N–H and O–H groups in total. The molecule has 0 aromatic carbocycles. The van der Waals surface area contributed by atoms with Crippen molar-refractivity contribution in [2.75, 3.05) is 33.2 Å². The third-order valence-electron chi connectivity index (χ3n) is 1.52. The molecule has 0 bridgehead atoms. The molecule has 0 aliphatic carbocycles. The summed E-state index contributed by atoms with van der Waals surface area (Å²) in [4.78, 5) is 11.5. The maximum absolute atomic E-state index is 9.18. The van der Waals surface area contributed by atoms with Crippen LogP contribution in [-0.4, -0.2) is 44.4 Å². The van der Waals surface area contributed by atoms with Crippen molar-refractivity contribution >= 4 is 6.29 Å². The highest BCUT2D eigenvalue weighted by Gasteiger charge is 2.01. The van der Waals surface area contributed by atoms with Crippen molar-refractivity contribution in [3.63, 3.8) is 0 Å². The minimum Gasteiger partial charge on any atom is -0.314 e. The fraction of sp³-hybridized carbons (Fsp3) is 0.750. The van der Waals surface area contributed by atoms with Crippen LogP contribution in [0.2, 0.25) is 0 Å². The molecule has 0 aromatic rings. The molecule has 12 heavy (non-hydrogen) atoms. The third-order valence-corrected chi connectivity index (χ3v) is 1.52. The van der Waals surface area contributed by atoms with E-state index in [1.54, 1.807) is 6.07 Å². The van der Waals surface area contributed by atoms with Crippen molar-refractivity contribution in [3.8, 4) is 6.07 Å². The Kier molecular flexibility index (Phi) is 7.55. The lowest BCUT2D eigenvalue weighted by atomic mass is 10.4. The molecule has 0 amide bonds. The van der Waals surface area contributed by atoms with Crippen LogP contribution in [0.15, 0.2) is 0 Å². The van der Waals surface area contributed by atoms with Gasteiger partial charge in [-0.1, -0.05) is 0 Å². The number of carbonyl (C=O) groups is 1. The van der Waals surface area contributed by atoms with E-state index in [1.807, 2.05) is 0 Å². The largest absolute Gasteiger partial charge is 0.314 e. The first kappa shape index (κ1) is 11.1. The third kappa shape index (κ3) is 7.19. The van der Waals surface area contributed by atoms with Crippen LogP contribution in [0.4, 0.5) is 0 Å². The van der Waals surface area contributed by atoms with Gasteiger partial charge in [0.15, 0.2) is 0 Å². The van der Waals surface area contributed by atoms with Crippen molar-refractivity contribution in [2.24, 2.45) is 0 Å². The van der Waals surface area contributed by atoms with E-state index >= 15 is 0 Å². The van der Waals surface area contributed by atoms with Gasteiger partial charge in [0.1, 0.15) is 6.29 Å². The van der Waals surface area contributed by atoms with E-state index in [1.165, 1.54) is 13.1 Å². The predicted octanol–water partition coefficient (Wildman–Crippen LogP) is -0.380. The summed E-state index contributed by atoms with van der Waals surface area (Å²) >= 11 is 0. The Balaban J connectivity index is 0.000000217. The Hall–Kier alpha value is -0.920. The normalized spacial score (nSPS) is 17.0. The summed E-state index contributed by atoms with van der Waals surface area (Å²) in [6, 6.07) is 1.65. The maximum atomic E-state index is 9.18. The highest BCUT2D eigenvalue weighted by Crippen LogP contribution is 1.83. The number of rotatable bonds is 1. The Bertz CT molecular complexity index is 147. The van der Waals surface area contributed by atoms with E-state index in [4.69, 9.17) is 5.26 Å². The molecule has 68 valence electrons. The lowest BCUT2D eigenvalue weighted by Gasteiger charge is -2.21. The van der Waals surface area contributed by atoms with Gasteiger partial charge in [0.25, 0.3) is 0 Å². The van der Waals surface area contributed by atoms with Crippen LogP contribution in [0.5, 0.6) is 0 Å². The predicted molar refractivity (Wildman–Crippen MR) is 46.7 cm³/mol. The molecule has 0 spiro atoms. The Morgan fingerprint density at radius 2 is 2.17 bits per heavy atom. The molecule has 1 heterocycles. The second kappa shape index (κ2) is 8.18. The number of piperazine rings is 1. The molecule has 0 unspecified atom stereocenters. The molecule has 1 saturated heterocycles. The first-order chi connectivity index (χ1) is 5.81. The summed E-state index contributed by atoms with van der Waals surface area (Å²) in [7, 11) is 2.15. The van der Waals surface area contributed by atoms with E-state index in [-0.39, 0.29) is 6.42 Å². The Morgan fingerprint density at radius 1 is 1.58 bits per heavy atom. The monoisotopic (exact) mass is 169 g/mol. The van der Waals surface area contributed by atoms with Crippen molar-refractivity contribution in [1.29, 1.82) is 5.26 Å². The fourth-order valence-electron chi connectivity index (χ4n) is 0.814. The van der Waals surface area contributed by atoms with E-state index < -0.39 is 0 Å². The number of hydrogen-bond acceptors (Lipinski definition) is 4. The molecular weight excluding hydrogens is 154 g/mol. The summed E-state index contributed by atoms with van der Waals surface area (Å²) in [6.45, 7) is 4.74. The minimum absolute atomic E-state index is 0.0139. The first-order valence-corrected chi connectivity index (χ1v) is 4.01. The molecule has 0 aromatic heterocycles. The Morgan fingerprint density at radius 3 is 2.33 bits per heavy atom. The molecule has 1 aliphatic rings. The second-order valence-electron chi connectivity index (χ2n) is 2.58. The average molecular weight is 169 g/mol. The molecule has 1 rings (SSSR count). The SMILES string of the molecule is CN1CCNCC1.N#CCC=O. The zero-order chi connectivity index (χ0) is 9.23. The molecular formula is C8H15N3O. The van der Waals surface area contributed by atoms with E-state index in [0.717, 1.165) is 13.1 Å². The summed E-state index contributed by atoms with van der Waals surface area (Å²) in [5, 5.41) is 10.9. The zero-order valence-electron chi connectivity index (χ0n) is 7.42. The minimum atomic E-state index is 0.0139. The lowest BCUT2D eigenvalue weighted by molar-refractivity contribution is -0.107. The summed E-state index contributed by atoms with van der Waals surface area (Å²) in [5.41, 5.74) is 0. The van der Waals surface area contributed by atoms with Crippen molar-refractivity contribution in [1.82, 2.24) is 10.2 Å². The molecule has 0 atom stereocenters. The van der Waals surface area contributed by atoms with Gasteiger partial charge in [-0.2, -0.15) is 5.26 Å². The molecule has 4 nitrogen and oxygen atoms in total. The first-order valence-electron chi connectivity index (χ1n) is 4.01. The van der Waals surface area contributed by atoms with Crippen LogP contribution in [-0.2, 0) is 4.79 Å².